The highest BCUT2D eigenvalue weighted by atomic mass is 32.2. The summed E-state index contributed by atoms with van der Waals surface area (Å²) in [7, 11) is -3.99. The summed E-state index contributed by atoms with van der Waals surface area (Å²) < 4.78 is 43.0. The average molecular weight is 761 g/mol. The van der Waals surface area contributed by atoms with Gasteiger partial charge in [0, 0.05) is 72.0 Å². The number of rotatable bonds is 9. The van der Waals surface area contributed by atoms with Gasteiger partial charge >= 0.3 is 6.09 Å². The number of benzene rings is 3. The van der Waals surface area contributed by atoms with Crippen molar-refractivity contribution in [2.75, 3.05) is 37.7 Å². The number of carbonyl (C=O) groups is 1. The molecule has 1 aliphatic heterocycles. The van der Waals surface area contributed by atoms with Crippen LogP contribution in [0.3, 0.4) is 0 Å². The van der Waals surface area contributed by atoms with Gasteiger partial charge in [0.2, 0.25) is 0 Å². The van der Waals surface area contributed by atoms with E-state index in [1.54, 1.807) is 41.6 Å². The van der Waals surface area contributed by atoms with E-state index in [4.69, 9.17) is 19.6 Å². The van der Waals surface area contributed by atoms with Crippen LogP contribution in [0.5, 0.6) is 5.75 Å². The molecular formula is C43H48N6O5S. The van der Waals surface area contributed by atoms with Gasteiger partial charge in [0.15, 0.2) is 5.65 Å². The fraction of sp³-hybridized carbons (Fsp3) is 0.326. The lowest BCUT2D eigenvalue weighted by Gasteiger charge is -2.36. The molecule has 4 heterocycles. The molecule has 0 saturated carbocycles. The maximum atomic E-state index is 14.2. The van der Waals surface area contributed by atoms with Crippen LogP contribution in [0, 0.1) is 20.8 Å². The summed E-state index contributed by atoms with van der Waals surface area (Å²) in [6.45, 7) is 17.2. The zero-order chi connectivity index (χ0) is 39.1. The van der Waals surface area contributed by atoms with Gasteiger partial charge in [0.1, 0.15) is 11.4 Å². The highest BCUT2D eigenvalue weighted by molar-refractivity contribution is 7.90. The summed E-state index contributed by atoms with van der Waals surface area (Å²) in [6, 6.07) is 25.1. The summed E-state index contributed by atoms with van der Waals surface area (Å²) in [5.74, 6) is 0.804. The number of nitrogens with zero attached hydrogens (tertiary/aromatic N) is 6. The Balaban J connectivity index is 1.24. The first-order chi connectivity index (χ1) is 26.2. The second-order valence-electron chi connectivity index (χ2n) is 15.0. The standard InChI is InChI=1S/C43H48N6O5S/c1-8-53-36-11-9-10-32(24-36)27-48-31(4)40(30(3)45-48)39-28-49(55(51,52)37-18-12-29(2)13-19-37)41-38(39)25-34(26-44-41)33-14-16-35(17-15-33)46-20-22-47(23-21-46)42(50)54-43(5,6)7/h9-19,24-26,28H,8,20-23,27H2,1-7H3. The van der Waals surface area contributed by atoms with Crippen LogP contribution in [0.2, 0.25) is 0 Å². The predicted molar refractivity (Wildman–Crippen MR) is 216 cm³/mol. The minimum absolute atomic E-state index is 0.188. The molecule has 286 valence electrons. The molecule has 0 atom stereocenters. The van der Waals surface area contributed by atoms with Gasteiger partial charge in [-0.1, -0.05) is 42.0 Å². The van der Waals surface area contributed by atoms with Gasteiger partial charge in [-0.05, 0) is 102 Å². The number of carbonyl (C=O) groups excluding carboxylic acids is 1. The molecule has 55 heavy (non-hydrogen) atoms. The molecule has 11 nitrogen and oxygen atoms in total. The number of aryl methyl sites for hydroxylation is 2. The fourth-order valence-corrected chi connectivity index (χ4v) is 8.42. The fourth-order valence-electron chi connectivity index (χ4n) is 7.10. The number of hydrogen-bond acceptors (Lipinski definition) is 8. The minimum atomic E-state index is -3.99. The topological polar surface area (TPSA) is 112 Å². The molecule has 7 rings (SSSR count). The SMILES string of the molecule is CCOc1cccc(Cn2nc(C)c(-c3cn(S(=O)(=O)c4ccc(C)cc4)c4ncc(-c5ccc(N6CCN(C(=O)OC(C)(C)C)CC6)cc5)cc34)c2C)c1. The molecule has 1 aliphatic rings. The van der Waals surface area contributed by atoms with E-state index in [1.807, 2.05) is 83.5 Å². The van der Waals surface area contributed by atoms with Crippen LogP contribution in [0.4, 0.5) is 10.5 Å². The van der Waals surface area contributed by atoms with Crippen molar-refractivity contribution in [1.29, 1.82) is 0 Å². The van der Waals surface area contributed by atoms with Gasteiger partial charge in [-0.2, -0.15) is 5.10 Å². The van der Waals surface area contributed by atoms with Crippen LogP contribution in [0.1, 0.15) is 50.2 Å². The number of ether oxygens (including phenoxy) is 2. The van der Waals surface area contributed by atoms with Gasteiger partial charge in [-0.3, -0.25) is 4.68 Å². The first kappa shape index (κ1) is 37.7. The third kappa shape index (κ3) is 7.82. The lowest BCUT2D eigenvalue weighted by atomic mass is 10.0. The normalized spacial score (nSPS) is 13.7. The van der Waals surface area contributed by atoms with Gasteiger partial charge < -0.3 is 19.3 Å². The summed E-state index contributed by atoms with van der Waals surface area (Å²) >= 11 is 0. The molecule has 0 spiro atoms. The Labute approximate surface area is 323 Å². The molecule has 1 fully saturated rings. The smallest absolute Gasteiger partial charge is 0.410 e. The molecule has 6 aromatic rings. The van der Waals surface area contributed by atoms with Gasteiger partial charge in [0.05, 0.1) is 23.7 Å². The van der Waals surface area contributed by atoms with Crippen LogP contribution < -0.4 is 9.64 Å². The van der Waals surface area contributed by atoms with Crippen molar-refractivity contribution in [1.82, 2.24) is 23.6 Å². The van der Waals surface area contributed by atoms with Crippen LogP contribution in [0.15, 0.2) is 96.2 Å². The van der Waals surface area contributed by atoms with Crippen molar-refractivity contribution in [2.24, 2.45) is 0 Å². The highest BCUT2D eigenvalue weighted by Crippen LogP contribution is 2.38. The first-order valence-electron chi connectivity index (χ1n) is 18.6. The molecule has 3 aromatic heterocycles. The van der Waals surface area contributed by atoms with E-state index in [1.165, 1.54) is 3.97 Å². The lowest BCUT2D eigenvalue weighted by molar-refractivity contribution is 0.0240. The van der Waals surface area contributed by atoms with Crippen molar-refractivity contribution in [2.45, 2.75) is 65.5 Å². The summed E-state index contributed by atoms with van der Waals surface area (Å²) in [6.07, 6.45) is 3.14. The number of amides is 1. The van der Waals surface area contributed by atoms with E-state index in [-0.39, 0.29) is 11.0 Å². The molecule has 1 saturated heterocycles. The van der Waals surface area contributed by atoms with Crippen LogP contribution >= 0.6 is 0 Å². The van der Waals surface area contributed by atoms with Gasteiger partial charge in [0.25, 0.3) is 10.0 Å². The molecule has 0 radical (unpaired) electrons. The predicted octanol–water partition coefficient (Wildman–Crippen LogP) is 8.23. The van der Waals surface area contributed by atoms with E-state index in [9.17, 15) is 13.2 Å². The number of hydrogen-bond donors (Lipinski definition) is 0. The Bertz CT molecular complexity index is 2450. The van der Waals surface area contributed by atoms with Crippen LogP contribution in [-0.2, 0) is 21.3 Å². The zero-order valence-corrected chi connectivity index (χ0v) is 33.4. The zero-order valence-electron chi connectivity index (χ0n) is 32.5. The number of aromatic nitrogens is 4. The molecule has 0 N–H and O–H groups in total. The number of anilines is 1. The number of piperazine rings is 1. The second kappa shape index (κ2) is 14.9. The van der Waals surface area contributed by atoms with Crippen molar-refractivity contribution >= 4 is 32.8 Å². The molecule has 0 aliphatic carbocycles. The quantitative estimate of drug-likeness (QED) is 0.145. The van der Waals surface area contributed by atoms with Crippen molar-refractivity contribution in [3.63, 3.8) is 0 Å². The maximum absolute atomic E-state index is 14.2. The Morgan fingerprint density at radius 2 is 1.58 bits per heavy atom. The summed E-state index contributed by atoms with van der Waals surface area (Å²) in [5, 5.41) is 5.64. The molecule has 1 amide bonds. The van der Waals surface area contributed by atoms with E-state index < -0.39 is 15.6 Å². The molecule has 3 aromatic carbocycles. The monoisotopic (exact) mass is 760 g/mol. The second-order valence-corrected chi connectivity index (χ2v) is 16.9. The minimum Gasteiger partial charge on any atom is -0.494 e. The summed E-state index contributed by atoms with van der Waals surface area (Å²) in [4.78, 5) is 21.6. The highest BCUT2D eigenvalue weighted by Gasteiger charge is 2.28. The van der Waals surface area contributed by atoms with Crippen LogP contribution in [0.25, 0.3) is 33.3 Å². The third-order valence-electron chi connectivity index (χ3n) is 9.88. The molecule has 0 bridgehead atoms. The van der Waals surface area contributed by atoms with E-state index >= 15 is 0 Å². The average Bonchev–Trinajstić information content (AvgIpc) is 3.66. The number of fused-ring (bicyclic) bond motifs is 1. The number of pyridine rings is 1. The lowest BCUT2D eigenvalue weighted by Crippen LogP contribution is -2.50. The van der Waals surface area contributed by atoms with E-state index in [0.29, 0.717) is 50.4 Å². The molecular weight excluding hydrogens is 713 g/mol. The van der Waals surface area contributed by atoms with Gasteiger partial charge in [-0.25, -0.2) is 22.2 Å². The van der Waals surface area contributed by atoms with Crippen molar-refractivity contribution < 1.29 is 22.7 Å². The van der Waals surface area contributed by atoms with E-state index in [2.05, 4.69) is 29.2 Å². The largest absolute Gasteiger partial charge is 0.494 e. The van der Waals surface area contributed by atoms with Crippen molar-refractivity contribution in [3.05, 3.63) is 114 Å². The Kier molecular flexibility index (Phi) is 10.2. The summed E-state index contributed by atoms with van der Waals surface area (Å²) in [5.41, 5.74) is 7.99. The Hall–Kier alpha value is -5.62. The Morgan fingerprint density at radius 3 is 2.25 bits per heavy atom. The Morgan fingerprint density at radius 1 is 0.873 bits per heavy atom. The third-order valence-corrected chi connectivity index (χ3v) is 11.5. The molecule has 0 unspecified atom stereocenters. The van der Waals surface area contributed by atoms with Crippen LogP contribution in [-0.4, -0.2) is 76.5 Å². The first-order valence-corrected chi connectivity index (χ1v) is 20.1. The maximum Gasteiger partial charge on any atom is 0.410 e. The van der Waals surface area contributed by atoms with E-state index in [0.717, 1.165) is 56.2 Å². The molecule has 12 heteroatoms. The van der Waals surface area contributed by atoms with Gasteiger partial charge in [-0.15, -0.1) is 0 Å². The van der Waals surface area contributed by atoms with Crippen molar-refractivity contribution in [3.8, 4) is 28.0 Å².